The van der Waals surface area contributed by atoms with Crippen LogP contribution in [0, 0.1) is 13.8 Å². The first-order valence-electron chi connectivity index (χ1n) is 9.72. The Labute approximate surface area is 188 Å². The summed E-state index contributed by atoms with van der Waals surface area (Å²) in [5, 5.41) is 7.31. The monoisotopic (exact) mass is 450 g/mol. The number of carbonyl (C=O) groups is 2. The number of carbonyl (C=O) groups excluding carboxylic acids is 2. The number of anilines is 1. The van der Waals surface area contributed by atoms with Crippen LogP contribution in [0.4, 0.5) is 5.69 Å². The van der Waals surface area contributed by atoms with Gasteiger partial charge in [-0.15, -0.1) is 0 Å². The third-order valence-electron chi connectivity index (χ3n) is 4.57. The van der Waals surface area contributed by atoms with E-state index < -0.39 is 18.5 Å². The van der Waals surface area contributed by atoms with Gasteiger partial charge in [-0.2, -0.15) is 5.10 Å². The minimum atomic E-state index is -0.687. The number of nitrogens with one attached hydrogen (secondary N) is 1. The van der Waals surface area contributed by atoms with Crippen molar-refractivity contribution in [2.75, 3.05) is 11.9 Å². The topological polar surface area (TPSA) is 94.8 Å². The molecule has 0 radical (unpaired) electrons. The van der Waals surface area contributed by atoms with Crippen molar-refractivity contribution >= 4 is 34.8 Å². The molecule has 8 nitrogen and oxygen atoms in total. The van der Waals surface area contributed by atoms with Crippen molar-refractivity contribution in [3.63, 3.8) is 0 Å². The number of fused-ring (bicyclic) bond motifs is 1. The van der Waals surface area contributed by atoms with E-state index in [0.29, 0.717) is 33.6 Å². The fraction of sp³-hybridized carbons (Fsp3) is 0.130. The molecule has 2 aromatic heterocycles. The van der Waals surface area contributed by atoms with Crippen LogP contribution >= 0.6 is 11.6 Å². The molecule has 0 saturated heterocycles. The van der Waals surface area contributed by atoms with Crippen molar-refractivity contribution in [3.05, 3.63) is 82.8 Å². The molecule has 9 heteroatoms. The van der Waals surface area contributed by atoms with E-state index >= 15 is 0 Å². The molecule has 2 aromatic carbocycles. The summed E-state index contributed by atoms with van der Waals surface area (Å²) < 4.78 is 12.5. The number of benzene rings is 2. The highest BCUT2D eigenvalue weighted by molar-refractivity contribution is 6.31. The van der Waals surface area contributed by atoms with E-state index in [1.807, 2.05) is 31.2 Å². The normalized spacial score (nSPS) is 10.7. The first-order valence-corrected chi connectivity index (χ1v) is 10.1. The third-order valence-corrected chi connectivity index (χ3v) is 4.81. The molecule has 0 saturated carbocycles. The number of hydrogen-bond acceptors (Lipinski definition) is 6. The second-order valence-corrected chi connectivity index (χ2v) is 7.46. The number of esters is 1. The van der Waals surface area contributed by atoms with Crippen molar-refractivity contribution in [1.29, 1.82) is 0 Å². The summed E-state index contributed by atoms with van der Waals surface area (Å²) in [5.41, 5.74) is 2.48. The number of aromatic nitrogens is 3. The zero-order chi connectivity index (χ0) is 22.7. The molecule has 4 rings (SSSR count). The van der Waals surface area contributed by atoms with Crippen LogP contribution in [0.25, 0.3) is 5.65 Å². The van der Waals surface area contributed by atoms with Crippen LogP contribution in [0.5, 0.6) is 11.5 Å². The fourth-order valence-electron chi connectivity index (χ4n) is 3.05. The highest BCUT2D eigenvalue weighted by Crippen LogP contribution is 2.32. The molecule has 0 aliphatic carbocycles. The van der Waals surface area contributed by atoms with E-state index in [1.54, 1.807) is 43.6 Å². The van der Waals surface area contributed by atoms with Gasteiger partial charge in [-0.25, -0.2) is 14.3 Å². The van der Waals surface area contributed by atoms with E-state index in [1.165, 1.54) is 4.52 Å². The maximum atomic E-state index is 12.5. The predicted octanol–water partition coefficient (Wildman–Crippen LogP) is 4.59. The zero-order valence-electron chi connectivity index (χ0n) is 17.3. The summed E-state index contributed by atoms with van der Waals surface area (Å²) in [6, 6.07) is 14.0. The predicted molar refractivity (Wildman–Crippen MR) is 119 cm³/mol. The minimum absolute atomic E-state index is 0.213. The van der Waals surface area contributed by atoms with Crippen molar-refractivity contribution in [2.45, 2.75) is 13.8 Å². The largest absolute Gasteiger partial charge is 0.455 e. The molecule has 0 bridgehead atoms. The quantitative estimate of drug-likeness (QED) is 0.432. The number of ether oxygens (including phenoxy) is 2. The Morgan fingerprint density at radius 2 is 1.91 bits per heavy atom. The number of rotatable bonds is 6. The molecule has 0 fully saturated rings. The molecule has 32 heavy (non-hydrogen) atoms. The van der Waals surface area contributed by atoms with Crippen LogP contribution in [-0.2, 0) is 9.53 Å². The first-order chi connectivity index (χ1) is 15.4. The SMILES string of the molecule is Cc1ccc(Oc2ccc(Cl)cc2NC(=O)COC(=O)c2c(C)nn3cccnc23)cc1. The molecule has 0 aliphatic rings. The maximum Gasteiger partial charge on any atom is 0.344 e. The third kappa shape index (κ3) is 4.70. The van der Waals surface area contributed by atoms with Gasteiger partial charge in [0, 0.05) is 17.4 Å². The lowest BCUT2D eigenvalue weighted by Crippen LogP contribution is -2.21. The Balaban J connectivity index is 1.45. The Morgan fingerprint density at radius 3 is 2.69 bits per heavy atom. The Bertz CT molecular complexity index is 1300. The highest BCUT2D eigenvalue weighted by atomic mass is 35.5. The van der Waals surface area contributed by atoms with Gasteiger partial charge in [0.2, 0.25) is 0 Å². The number of aryl methyl sites for hydroxylation is 2. The first kappa shape index (κ1) is 21.3. The van der Waals surface area contributed by atoms with Gasteiger partial charge in [0.25, 0.3) is 5.91 Å². The maximum absolute atomic E-state index is 12.5. The molecule has 1 N–H and O–H groups in total. The van der Waals surface area contributed by atoms with Gasteiger partial charge in [0.05, 0.1) is 11.4 Å². The molecule has 0 unspecified atom stereocenters. The molecule has 4 aromatic rings. The van der Waals surface area contributed by atoms with Crippen molar-refractivity contribution < 1.29 is 19.1 Å². The van der Waals surface area contributed by atoms with Crippen LogP contribution in [0.3, 0.4) is 0 Å². The van der Waals surface area contributed by atoms with Crippen molar-refractivity contribution in [2.24, 2.45) is 0 Å². The Kier molecular flexibility index (Phi) is 6.04. The zero-order valence-corrected chi connectivity index (χ0v) is 18.1. The average molecular weight is 451 g/mol. The van der Waals surface area contributed by atoms with Crippen LogP contribution in [0.2, 0.25) is 5.02 Å². The lowest BCUT2D eigenvalue weighted by Gasteiger charge is -2.13. The Morgan fingerprint density at radius 1 is 1.12 bits per heavy atom. The van der Waals surface area contributed by atoms with Crippen LogP contribution in [0.1, 0.15) is 21.6 Å². The summed E-state index contributed by atoms with van der Waals surface area (Å²) >= 11 is 6.08. The number of nitrogens with zero attached hydrogens (tertiary/aromatic N) is 3. The van der Waals surface area contributed by atoms with Gasteiger partial charge in [-0.3, -0.25) is 4.79 Å². The van der Waals surface area contributed by atoms with Crippen LogP contribution < -0.4 is 10.1 Å². The smallest absolute Gasteiger partial charge is 0.344 e. The summed E-state index contributed by atoms with van der Waals surface area (Å²) in [6.07, 6.45) is 3.22. The molecular weight excluding hydrogens is 432 g/mol. The summed E-state index contributed by atoms with van der Waals surface area (Å²) in [4.78, 5) is 29.2. The molecule has 0 atom stereocenters. The Hall–Kier alpha value is -3.91. The second kappa shape index (κ2) is 9.07. The fourth-order valence-corrected chi connectivity index (χ4v) is 3.22. The van der Waals surface area contributed by atoms with E-state index in [0.717, 1.165) is 5.56 Å². The minimum Gasteiger partial charge on any atom is -0.455 e. The van der Waals surface area contributed by atoms with Crippen LogP contribution in [-0.4, -0.2) is 33.1 Å². The molecule has 162 valence electrons. The van der Waals surface area contributed by atoms with Gasteiger partial charge in [-0.1, -0.05) is 29.3 Å². The van der Waals surface area contributed by atoms with Crippen LogP contribution in [0.15, 0.2) is 60.9 Å². The van der Waals surface area contributed by atoms with Gasteiger partial charge in [0.1, 0.15) is 11.3 Å². The van der Waals surface area contributed by atoms with Crippen molar-refractivity contribution in [3.8, 4) is 11.5 Å². The standard InChI is InChI=1S/C23H19ClN4O4/c1-14-4-7-17(8-5-14)32-19-9-6-16(24)12-18(19)26-20(29)13-31-23(30)21-15(2)27-28-11-3-10-25-22(21)28/h3-12H,13H2,1-2H3,(H,26,29). The summed E-state index contributed by atoms with van der Waals surface area (Å²) in [5.74, 6) is -0.221. The van der Waals surface area contributed by atoms with Gasteiger partial charge in [-0.05, 0) is 50.2 Å². The number of hydrogen-bond donors (Lipinski definition) is 1. The molecule has 2 heterocycles. The molecule has 1 amide bonds. The van der Waals surface area contributed by atoms with E-state index in [4.69, 9.17) is 21.1 Å². The van der Waals surface area contributed by atoms with E-state index in [9.17, 15) is 9.59 Å². The molecular formula is C23H19ClN4O4. The molecule has 0 aliphatic heterocycles. The number of halogens is 1. The van der Waals surface area contributed by atoms with E-state index in [-0.39, 0.29) is 5.56 Å². The summed E-state index contributed by atoms with van der Waals surface area (Å²) in [7, 11) is 0. The van der Waals surface area contributed by atoms with E-state index in [2.05, 4.69) is 15.4 Å². The lowest BCUT2D eigenvalue weighted by atomic mass is 10.2. The highest BCUT2D eigenvalue weighted by Gasteiger charge is 2.21. The molecule has 0 spiro atoms. The summed E-state index contributed by atoms with van der Waals surface area (Å²) in [6.45, 7) is 3.15. The van der Waals surface area contributed by atoms with Gasteiger partial charge in [0.15, 0.2) is 18.0 Å². The second-order valence-electron chi connectivity index (χ2n) is 7.03. The van der Waals surface area contributed by atoms with Gasteiger partial charge < -0.3 is 14.8 Å². The van der Waals surface area contributed by atoms with Crippen molar-refractivity contribution in [1.82, 2.24) is 14.6 Å². The van der Waals surface area contributed by atoms with Gasteiger partial charge >= 0.3 is 5.97 Å². The number of amides is 1. The average Bonchev–Trinajstić information content (AvgIpc) is 3.11. The lowest BCUT2D eigenvalue weighted by molar-refractivity contribution is -0.119.